The molecular weight excluding hydrogens is 479 g/mol. The number of hydrogen-bond donors (Lipinski definition) is 1. The summed E-state index contributed by atoms with van der Waals surface area (Å²) in [5, 5.41) is 9.34. The van der Waals surface area contributed by atoms with Crippen LogP contribution >= 0.6 is 0 Å². The standard InChI is InChI=1S/C29H17FO7/c30-21-4-2-1-3-17(21)20-14-35-28-18(27(20)32)9-10-24-26(28)19(13-25(31)37-24)23-12-11-22(36-23)15-5-7-16(8-6-15)29(33)34/h1-12,14,19H,13H2,(H,33,34)/t19-/m1/s1. The normalized spacial score (nSPS) is 14.8. The highest BCUT2D eigenvalue weighted by Crippen LogP contribution is 2.44. The third kappa shape index (κ3) is 3.79. The van der Waals surface area contributed by atoms with Crippen molar-refractivity contribution in [1.82, 2.24) is 0 Å². The molecule has 7 nitrogen and oxygen atoms in total. The maximum absolute atomic E-state index is 14.4. The summed E-state index contributed by atoms with van der Waals surface area (Å²) < 4.78 is 31.8. The molecule has 3 heterocycles. The Kier molecular flexibility index (Phi) is 5.22. The van der Waals surface area contributed by atoms with Crippen LogP contribution in [0.25, 0.3) is 33.4 Å². The van der Waals surface area contributed by atoms with Crippen molar-refractivity contribution in [3.63, 3.8) is 0 Å². The van der Waals surface area contributed by atoms with Gasteiger partial charge in [0.05, 0.1) is 28.9 Å². The van der Waals surface area contributed by atoms with E-state index in [1.807, 2.05) is 0 Å². The highest BCUT2D eigenvalue weighted by Gasteiger charge is 2.34. The molecule has 0 spiro atoms. The van der Waals surface area contributed by atoms with Gasteiger partial charge >= 0.3 is 11.9 Å². The highest BCUT2D eigenvalue weighted by atomic mass is 19.1. The Bertz CT molecular complexity index is 1760. The zero-order valence-electron chi connectivity index (χ0n) is 19.1. The molecule has 0 saturated carbocycles. The number of carboxylic acids is 1. The van der Waals surface area contributed by atoms with Crippen molar-refractivity contribution in [2.45, 2.75) is 12.3 Å². The van der Waals surface area contributed by atoms with Gasteiger partial charge in [-0.05, 0) is 42.5 Å². The van der Waals surface area contributed by atoms with Crippen molar-refractivity contribution < 1.29 is 32.7 Å². The molecule has 2 aromatic heterocycles. The molecular formula is C29H17FO7. The average Bonchev–Trinajstić information content (AvgIpc) is 3.39. The number of carbonyl (C=O) groups is 2. The Morgan fingerprint density at radius 2 is 1.70 bits per heavy atom. The number of rotatable bonds is 4. The summed E-state index contributed by atoms with van der Waals surface area (Å²) in [5.41, 5.74) is 1.32. The van der Waals surface area contributed by atoms with Gasteiger partial charge in [-0.3, -0.25) is 9.59 Å². The lowest BCUT2D eigenvalue weighted by molar-refractivity contribution is -0.135. The number of aromatic carboxylic acids is 1. The number of ether oxygens (including phenoxy) is 1. The van der Waals surface area contributed by atoms with E-state index in [0.717, 1.165) is 0 Å². The molecule has 0 saturated heterocycles. The van der Waals surface area contributed by atoms with Gasteiger partial charge in [0, 0.05) is 16.7 Å². The van der Waals surface area contributed by atoms with E-state index in [9.17, 15) is 18.8 Å². The molecule has 182 valence electrons. The minimum Gasteiger partial charge on any atom is -0.478 e. The largest absolute Gasteiger partial charge is 0.478 e. The fourth-order valence-corrected chi connectivity index (χ4v) is 4.64. The molecule has 0 aliphatic carbocycles. The number of fused-ring (bicyclic) bond motifs is 3. The summed E-state index contributed by atoms with van der Waals surface area (Å²) in [4.78, 5) is 36.9. The maximum Gasteiger partial charge on any atom is 0.335 e. The highest BCUT2D eigenvalue weighted by molar-refractivity contribution is 5.90. The SMILES string of the molecule is O=C1C[C@H](c2ccc(-c3ccc(C(=O)O)cc3)o2)c2c(ccc3c(=O)c(-c4ccccc4F)coc23)O1. The monoisotopic (exact) mass is 496 g/mol. The molecule has 1 aliphatic heterocycles. The Labute approximate surface area is 208 Å². The third-order valence-electron chi connectivity index (χ3n) is 6.43. The molecule has 1 N–H and O–H groups in total. The van der Waals surface area contributed by atoms with Gasteiger partial charge in [-0.2, -0.15) is 0 Å². The summed E-state index contributed by atoms with van der Waals surface area (Å²) in [6.45, 7) is 0. The van der Waals surface area contributed by atoms with E-state index < -0.39 is 29.1 Å². The lowest BCUT2D eigenvalue weighted by Gasteiger charge is -2.23. The van der Waals surface area contributed by atoms with Crippen LogP contribution < -0.4 is 10.2 Å². The van der Waals surface area contributed by atoms with Gasteiger partial charge in [0.15, 0.2) is 0 Å². The molecule has 3 aromatic carbocycles. The number of halogens is 1. The minimum atomic E-state index is -1.03. The Morgan fingerprint density at radius 1 is 0.919 bits per heavy atom. The van der Waals surface area contributed by atoms with Gasteiger partial charge in [-0.1, -0.05) is 30.3 Å². The van der Waals surface area contributed by atoms with E-state index in [1.165, 1.54) is 48.7 Å². The van der Waals surface area contributed by atoms with Gasteiger partial charge in [0.25, 0.3) is 0 Å². The first kappa shape index (κ1) is 22.5. The molecule has 0 unspecified atom stereocenters. The van der Waals surface area contributed by atoms with E-state index in [0.29, 0.717) is 22.6 Å². The van der Waals surface area contributed by atoms with Crippen molar-refractivity contribution in [3.8, 4) is 28.2 Å². The van der Waals surface area contributed by atoms with E-state index in [2.05, 4.69) is 0 Å². The van der Waals surface area contributed by atoms with Crippen LogP contribution in [-0.4, -0.2) is 17.0 Å². The van der Waals surface area contributed by atoms with Crippen molar-refractivity contribution in [2.24, 2.45) is 0 Å². The van der Waals surface area contributed by atoms with Gasteiger partial charge in [0.2, 0.25) is 5.43 Å². The molecule has 8 heteroatoms. The van der Waals surface area contributed by atoms with Crippen LogP contribution in [0.2, 0.25) is 0 Å². The molecule has 1 atom stereocenters. The van der Waals surface area contributed by atoms with Crippen LogP contribution in [0.1, 0.15) is 34.0 Å². The van der Waals surface area contributed by atoms with Crippen molar-refractivity contribution in [3.05, 3.63) is 112 Å². The Hall–Kier alpha value is -4.98. The van der Waals surface area contributed by atoms with Crippen LogP contribution in [0.3, 0.4) is 0 Å². The lowest BCUT2D eigenvalue weighted by Crippen LogP contribution is -2.21. The Morgan fingerprint density at radius 3 is 2.46 bits per heavy atom. The summed E-state index contributed by atoms with van der Waals surface area (Å²) in [7, 11) is 0. The number of carboxylic acid groups (broad SMARTS) is 1. The van der Waals surface area contributed by atoms with Crippen LogP contribution in [0, 0.1) is 5.82 Å². The molecule has 5 aromatic rings. The van der Waals surface area contributed by atoms with Crippen LogP contribution in [-0.2, 0) is 4.79 Å². The molecule has 0 bridgehead atoms. The summed E-state index contributed by atoms with van der Waals surface area (Å²) >= 11 is 0. The zero-order valence-corrected chi connectivity index (χ0v) is 19.1. The van der Waals surface area contributed by atoms with Crippen LogP contribution in [0.4, 0.5) is 4.39 Å². The van der Waals surface area contributed by atoms with Gasteiger partial charge in [0.1, 0.15) is 34.9 Å². The zero-order chi connectivity index (χ0) is 25.7. The quantitative estimate of drug-likeness (QED) is 0.240. The maximum atomic E-state index is 14.4. The van der Waals surface area contributed by atoms with Crippen molar-refractivity contribution in [1.29, 1.82) is 0 Å². The lowest BCUT2D eigenvalue weighted by atomic mass is 9.88. The van der Waals surface area contributed by atoms with Crippen molar-refractivity contribution in [2.75, 3.05) is 0 Å². The molecule has 0 amide bonds. The summed E-state index contributed by atoms with van der Waals surface area (Å²) in [6.07, 6.45) is 1.17. The van der Waals surface area contributed by atoms with Crippen molar-refractivity contribution >= 4 is 22.9 Å². The number of hydrogen-bond acceptors (Lipinski definition) is 6. The smallest absolute Gasteiger partial charge is 0.335 e. The first-order valence-electron chi connectivity index (χ1n) is 11.4. The van der Waals surface area contributed by atoms with Gasteiger partial charge in [-0.15, -0.1) is 0 Å². The first-order valence-corrected chi connectivity index (χ1v) is 11.4. The second-order valence-electron chi connectivity index (χ2n) is 8.63. The fraction of sp³-hybridized carbons (Fsp3) is 0.0690. The number of benzene rings is 3. The van der Waals surface area contributed by atoms with E-state index >= 15 is 0 Å². The van der Waals surface area contributed by atoms with Crippen LogP contribution in [0.15, 0.2) is 92.7 Å². The topological polar surface area (TPSA) is 107 Å². The van der Waals surface area contributed by atoms with Gasteiger partial charge < -0.3 is 18.7 Å². The van der Waals surface area contributed by atoms with E-state index in [4.69, 9.17) is 18.7 Å². The molecule has 0 fully saturated rings. The summed E-state index contributed by atoms with van der Waals surface area (Å²) in [6, 6.07) is 18.6. The van der Waals surface area contributed by atoms with Gasteiger partial charge in [-0.25, -0.2) is 9.18 Å². The second-order valence-corrected chi connectivity index (χ2v) is 8.63. The van der Waals surface area contributed by atoms with E-state index in [-0.39, 0.29) is 39.8 Å². The fourth-order valence-electron chi connectivity index (χ4n) is 4.64. The minimum absolute atomic E-state index is 0.0458. The molecule has 0 radical (unpaired) electrons. The number of furan rings is 1. The average molecular weight is 496 g/mol. The first-order chi connectivity index (χ1) is 17.9. The third-order valence-corrected chi connectivity index (χ3v) is 6.43. The van der Waals surface area contributed by atoms with E-state index in [1.54, 1.807) is 30.3 Å². The number of carbonyl (C=O) groups excluding carboxylic acids is 1. The van der Waals surface area contributed by atoms with Crippen LogP contribution in [0.5, 0.6) is 5.75 Å². The number of esters is 1. The predicted octanol–water partition coefficient (Wildman–Crippen LogP) is 6.00. The predicted molar refractivity (Wildman–Crippen MR) is 131 cm³/mol. The molecule has 37 heavy (non-hydrogen) atoms. The Balaban J connectivity index is 1.46. The summed E-state index contributed by atoms with van der Waals surface area (Å²) in [5.74, 6) is -1.46. The molecule has 1 aliphatic rings. The second kappa shape index (κ2) is 8.60. The molecule has 6 rings (SSSR count).